The van der Waals surface area contributed by atoms with Crippen LogP contribution in [0.15, 0.2) is 88.9 Å². The molecule has 0 aliphatic rings. The van der Waals surface area contributed by atoms with Gasteiger partial charge in [-0.2, -0.15) is 4.31 Å². The van der Waals surface area contributed by atoms with Crippen molar-refractivity contribution in [2.45, 2.75) is 30.4 Å². The van der Waals surface area contributed by atoms with Crippen LogP contribution in [0.4, 0.5) is 4.39 Å². The number of aromatic nitrogens is 3. The summed E-state index contributed by atoms with van der Waals surface area (Å²) in [6.45, 7) is 4.62. The van der Waals surface area contributed by atoms with E-state index in [-0.39, 0.29) is 28.9 Å². The van der Waals surface area contributed by atoms with E-state index < -0.39 is 10.0 Å². The molecular weight excluding hydrogens is 525 g/mol. The summed E-state index contributed by atoms with van der Waals surface area (Å²) in [7, 11) is -3.66. The minimum atomic E-state index is -3.66. The number of halogens is 1. The first-order valence-electron chi connectivity index (χ1n) is 12.1. The van der Waals surface area contributed by atoms with Gasteiger partial charge in [0.25, 0.3) is 0 Å². The molecule has 0 spiro atoms. The van der Waals surface area contributed by atoms with Gasteiger partial charge in [-0.1, -0.05) is 68.1 Å². The fourth-order valence-electron chi connectivity index (χ4n) is 3.85. The highest BCUT2D eigenvalue weighted by Crippen LogP contribution is 2.29. The van der Waals surface area contributed by atoms with E-state index in [1.807, 2.05) is 30.3 Å². The van der Waals surface area contributed by atoms with Gasteiger partial charge in [0.2, 0.25) is 15.9 Å². The molecule has 3 aromatic carbocycles. The van der Waals surface area contributed by atoms with Gasteiger partial charge in [-0.15, -0.1) is 10.2 Å². The zero-order valence-electron chi connectivity index (χ0n) is 21.0. The first-order valence-corrected chi connectivity index (χ1v) is 14.5. The van der Waals surface area contributed by atoms with Crippen LogP contribution >= 0.6 is 11.8 Å². The predicted molar refractivity (Wildman–Crippen MR) is 146 cm³/mol. The van der Waals surface area contributed by atoms with Gasteiger partial charge >= 0.3 is 0 Å². The van der Waals surface area contributed by atoms with Gasteiger partial charge in [-0.05, 0) is 42.0 Å². The second kappa shape index (κ2) is 12.3. The average Bonchev–Trinajstić information content (AvgIpc) is 3.37. The van der Waals surface area contributed by atoms with E-state index in [1.54, 1.807) is 54.8 Å². The first-order chi connectivity index (χ1) is 18.3. The maximum atomic E-state index is 13.1. The molecule has 1 aromatic heterocycles. The molecule has 4 aromatic rings. The maximum absolute atomic E-state index is 13.1. The van der Waals surface area contributed by atoms with Crippen molar-refractivity contribution in [2.75, 3.05) is 18.8 Å². The van der Waals surface area contributed by atoms with Crippen LogP contribution in [-0.4, -0.2) is 52.2 Å². The van der Waals surface area contributed by atoms with Crippen LogP contribution in [0.1, 0.15) is 19.4 Å². The van der Waals surface area contributed by atoms with Crippen LogP contribution in [-0.2, 0) is 21.4 Å². The number of nitrogens with one attached hydrogen (secondary N) is 1. The summed E-state index contributed by atoms with van der Waals surface area (Å²) in [6.07, 6.45) is 0. The van der Waals surface area contributed by atoms with Gasteiger partial charge in [0.05, 0.1) is 10.6 Å². The molecule has 0 aliphatic heterocycles. The summed E-state index contributed by atoms with van der Waals surface area (Å²) < 4.78 is 42.5. The Morgan fingerprint density at radius 1 is 0.974 bits per heavy atom. The van der Waals surface area contributed by atoms with Gasteiger partial charge in [0.1, 0.15) is 5.82 Å². The van der Waals surface area contributed by atoms with Crippen molar-refractivity contribution in [1.82, 2.24) is 24.4 Å². The lowest BCUT2D eigenvalue weighted by Crippen LogP contribution is -2.30. The lowest BCUT2D eigenvalue weighted by Gasteiger charge is -2.19. The van der Waals surface area contributed by atoms with E-state index in [2.05, 4.69) is 15.5 Å². The summed E-state index contributed by atoms with van der Waals surface area (Å²) >= 11 is 1.22. The highest BCUT2D eigenvalue weighted by Gasteiger charge is 2.23. The Morgan fingerprint density at radius 3 is 2.37 bits per heavy atom. The standard InChI is InChI=1S/C27H28FN5O3S2/c1-3-32(4-2)38(35,36)24-12-8-9-21(17-24)26-30-31-27(33(26)23-10-6-5-7-11-23)37-19-25(34)29-18-20-13-15-22(28)16-14-20/h5-17H,3-4,18-19H2,1-2H3,(H,29,34). The summed E-state index contributed by atoms with van der Waals surface area (Å²) in [5.74, 6) is 0.00316. The smallest absolute Gasteiger partial charge is 0.243 e. The van der Waals surface area contributed by atoms with Crippen molar-refractivity contribution in [3.8, 4) is 17.1 Å². The number of nitrogens with zero attached hydrogens (tertiary/aromatic N) is 4. The Morgan fingerprint density at radius 2 is 1.68 bits per heavy atom. The maximum Gasteiger partial charge on any atom is 0.243 e. The van der Waals surface area contributed by atoms with Crippen molar-refractivity contribution in [3.63, 3.8) is 0 Å². The summed E-state index contributed by atoms with van der Waals surface area (Å²) in [5, 5.41) is 12.0. The van der Waals surface area contributed by atoms with Crippen molar-refractivity contribution in [1.29, 1.82) is 0 Å². The lowest BCUT2D eigenvalue weighted by atomic mass is 10.2. The van der Waals surface area contributed by atoms with Crippen LogP contribution in [0.2, 0.25) is 0 Å². The minimum absolute atomic E-state index is 0.0859. The monoisotopic (exact) mass is 553 g/mol. The molecule has 1 heterocycles. The third kappa shape index (κ3) is 6.29. The molecule has 0 aliphatic carbocycles. The Hall–Kier alpha value is -3.54. The topological polar surface area (TPSA) is 97.2 Å². The molecule has 0 atom stereocenters. The number of carbonyl (C=O) groups is 1. The third-order valence-electron chi connectivity index (χ3n) is 5.82. The van der Waals surface area contributed by atoms with Crippen LogP contribution in [0.3, 0.4) is 0 Å². The van der Waals surface area contributed by atoms with Gasteiger partial charge in [-0.3, -0.25) is 9.36 Å². The van der Waals surface area contributed by atoms with E-state index in [0.717, 1.165) is 11.3 Å². The molecule has 1 amide bonds. The fraction of sp³-hybridized carbons (Fsp3) is 0.222. The molecule has 38 heavy (non-hydrogen) atoms. The number of amides is 1. The number of benzene rings is 3. The molecule has 8 nitrogen and oxygen atoms in total. The second-order valence-electron chi connectivity index (χ2n) is 8.29. The molecule has 0 unspecified atom stereocenters. The zero-order valence-corrected chi connectivity index (χ0v) is 22.7. The molecule has 0 saturated carbocycles. The zero-order chi connectivity index (χ0) is 27.1. The normalized spacial score (nSPS) is 11.6. The van der Waals surface area contributed by atoms with Gasteiger partial charge < -0.3 is 5.32 Å². The lowest BCUT2D eigenvalue weighted by molar-refractivity contribution is -0.118. The number of carbonyl (C=O) groups excluding carboxylic acids is 1. The number of rotatable bonds is 11. The van der Waals surface area contributed by atoms with E-state index in [0.29, 0.717) is 29.6 Å². The van der Waals surface area contributed by atoms with Crippen LogP contribution < -0.4 is 5.32 Å². The van der Waals surface area contributed by atoms with E-state index in [4.69, 9.17) is 0 Å². The quantitative estimate of drug-likeness (QED) is 0.275. The number of hydrogen-bond donors (Lipinski definition) is 1. The Bertz CT molecular complexity index is 1490. The molecule has 198 valence electrons. The van der Waals surface area contributed by atoms with Gasteiger partial charge in [-0.25, -0.2) is 12.8 Å². The number of para-hydroxylation sites is 1. The fourth-order valence-corrected chi connectivity index (χ4v) is 6.14. The van der Waals surface area contributed by atoms with Gasteiger partial charge in [0, 0.05) is 30.9 Å². The van der Waals surface area contributed by atoms with Gasteiger partial charge in [0.15, 0.2) is 11.0 Å². The van der Waals surface area contributed by atoms with Crippen LogP contribution in [0.5, 0.6) is 0 Å². The molecule has 0 saturated heterocycles. The second-order valence-corrected chi connectivity index (χ2v) is 11.2. The SMILES string of the molecule is CCN(CC)S(=O)(=O)c1cccc(-c2nnc(SCC(=O)NCc3ccc(F)cc3)n2-c2ccccc2)c1. The molecular formula is C27H28FN5O3S2. The molecule has 0 radical (unpaired) electrons. The van der Waals surface area contributed by atoms with E-state index >= 15 is 0 Å². The molecule has 1 N–H and O–H groups in total. The van der Waals surface area contributed by atoms with Crippen LogP contribution in [0.25, 0.3) is 17.1 Å². The number of thioether (sulfide) groups is 1. The summed E-state index contributed by atoms with van der Waals surface area (Å²) in [4.78, 5) is 12.7. The highest BCUT2D eigenvalue weighted by atomic mass is 32.2. The predicted octanol–water partition coefficient (Wildman–Crippen LogP) is 4.51. The molecule has 0 fully saturated rings. The Kier molecular flexibility index (Phi) is 8.93. The highest BCUT2D eigenvalue weighted by molar-refractivity contribution is 7.99. The third-order valence-corrected chi connectivity index (χ3v) is 8.79. The average molecular weight is 554 g/mol. The molecule has 11 heteroatoms. The Balaban J connectivity index is 1.60. The number of sulfonamides is 1. The van der Waals surface area contributed by atoms with Crippen molar-refractivity contribution < 1.29 is 17.6 Å². The van der Waals surface area contributed by atoms with Crippen LogP contribution in [0, 0.1) is 5.82 Å². The molecule has 0 bridgehead atoms. The summed E-state index contributed by atoms with van der Waals surface area (Å²) in [5.41, 5.74) is 2.15. The Labute approximate surface area is 226 Å². The first kappa shape index (κ1) is 27.5. The van der Waals surface area contributed by atoms with Crippen molar-refractivity contribution in [2.24, 2.45) is 0 Å². The number of hydrogen-bond acceptors (Lipinski definition) is 6. The summed E-state index contributed by atoms with van der Waals surface area (Å²) in [6, 6.07) is 22.0. The minimum Gasteiger partial charge on any atom is -0.351 e. The van der Waals surface area contributed by atoms with E-state index in [1.165, 1.54) is 28.2 Å². The largest absolute Gasteiger partial charge is 0.351 e. The molecule has 4 rings (SSSR count). The van der Waals surface area contributed by atoms with E-state index in [9.17, 15) is 17.6 Å². The van der Waals surface area contributed by atoms with Crippen molar-refractivity contribution >= 4 is 27.7 Å². The van der Waals surface area contributed by atoms with Crippen molar-refractivity contribution in [3.05, 3.63) is 90.2 Å².